The number of hydrogen-bond donors (Lipinski definition) is 0. The molecule has 0 aromatic heterocycles. The molecule has 2 nitrogen and oxygen atoms in total. The monoisotopic (exact) mass is 332 g/mol. The normalized spacial score (nSPS) is 11.5. The number of ketones is 2. The molecule has 0 unspecified atom stereocenters. The van der Waals surface area contributed by atoms with Crippen molar-refractivity contribution in [3.8, 4) is 0 Å². The Kier molecular flexibility index (Phi) is 6.64. The minimum atomic E-state index is -0.622. The Morgan fingerprint density at radius 3 is 1.44 bits per heavy atom. The van der Waals surface area contributed by atoms with Gasteiger partial charge in [-0.05, 0) is 43.5 Å². The molecule has 0 radical (unpaired) electrons. The first-order valence-corrected chi connectivity index (χ1v) is 8.57. The zero-order valence-corrected chi connectivity index (χ0v) is 15.0. The van der Waals surface area contributed by atoms with Crippen LogP contribution in [0, 0.1) is 19.8 Å². The molecule has 0 atom stereocenters. The summed E-state index contributed by atoms with van der Waals surface area (Å²) < 4.78 is 0. The van der Waals surface area contributed by atoms with Crippen molar-refractivity contribution in [1.82, 2.24) is 0 Å². The van der Waals surface area contributed by atoms with Gasteiger partial charge in [-0.15, -0.1) is 0 Å². The van der Waals surface area contributed by atoms with Gasteiger partial charge in [-0.2, -0.15) is 0 Å². The standard InChI is InChI=1S/C23H24O2/c1-4-21(22(24)15-13-19-9-5-17(2)6-10-19)23(25)16-14-20-11-7-18(3)8-12-20/h5-16,21H,4H2,1-3H3/b15-13+,16-14+. The van der Waals surface area contributed by atoms with E-state index in [0.29, 0.717) is 6.42 Å². The summed E-state index contributed by atoms with van der Waals surface area (Å²) >= 11 is 0. The van der Waals surface area contributed by atoms with Gasteiger partial charge < -0.3 is 0 Å². The molecule has 0 fully saturated rings. The third kappa shape index (κ3) is 5.68. The molecule has 2 aromatic rings. The summed E-state index contributed by atoms with van der Waals surface area (Å²) in [4.78, 5) is 24.7. The number of allylic oxidation sites excluding steroid dienone is 2. The van der Waals surface area contributed by atoms with Crippen molar-refractivity contribution in [1.29, 1.82) is 0 Å². The first kappa shape index (κ1) is 18.6. The smallest absolute Gasteiger partial charge is 0.166 e. The van der Waals surface area contributed by atoms with Gasteiger partial charge in [0.05, 0.1) is 5.92 Å². The Bertz CT molecular complexity index is 710. The number of carbonyl (C=O) groups excluding carboxylic acids is 2. The second-order valence-corrected chi connectivity index (χ2v) is 6.25. The van der Waals surface area contributed by atoms with Crippen LogP contribution >= 0.6 is 0 Å². The van der Waals surface area contributed by atoms with Crippen LogP contribution in [-0.2, 0) is 9.59 Å². The number of aryl methyl sites for hydroxylation is 2. The van der Waals surface area contributed by atoms with Crippen LogP contribution in [0.15, 0.2) is 60.7 Å². The zero-order chi connectivity index (χ0) is 18.2. The van der Waals surface area contributed by atoms with Gasteiger partial charge in [0, 0.05) is 0 Å². The number of rotatable bonds is 7. The van der Waals surface area contributed by atoms with Crippen molar-refractivity contribution in [3.63, 3.8) is 0 Å². The molecule has 0 heterocycles. The van der Waals surface area contributed by atoms with Crippen molar-refractivity contribution in [3.05, 3.63) is 82.9 Å². The molecule has 0 saturated heterocycles. The van der Waals surface area contributed by atoms with E-state index in [1.807, 2.05) is 69.3 Å². The summed E-state index contributed by atoms with van der Waals surface area (Å²) in [5.41, 5.74) is 4.26. The predicted molar refractivity (Wildman–Crippen MR) is 104 cm³/mol. The lowest BCUT2D eigenvalue weighted by Gasteiger charge is -2.07. The van der Waals surface area contributed by atoms with Gasteiger partial charge >= 0.3 is 0 Å². The van der Waals surface area contributed by atoms with E-state index in [4.69, 9.17) is 0 Å². The topological polar surface area (TPSA) is 34.1 Å². The van der Waals surface area contributed by atoms with Crippen LogP contribution in [0.25, 0.3) is 12.2 Å². The molecule has 0 aliphatic carbocycles. The van der Waals surface area contributed by atoms with Crippen LogP contribution in [0.1, 0.15) is 35.6 Å². The van der Waals surface area contributed by atoms with Gasteiger partial charge in [0.1, 0.15) is 0 Å². The predicted octanol–water partition coefficient (Wildman–Crippen LogP) is 5.19. The van der Waals surface area contributed by atoms with Gasteiger partial charge in [-0.1, -0.05) is 78.7 Å². The van der Waals surface area contributed by atoms with Crippen LogP contribution in [0.2, 0.25) is 0 Å². The highest BCUT2D eigenvalue weighted by Gasteiger charge is 2.20. The molecule has 0 spiro atoms. The van der Waals surface area contributed by atoms with Crippen molar-refractivity contribution >= 4 is 23.7 Å². The Balaban J connectivity index is 2.04. The van der Waals surface area contributed by atoms with Crippen molar-refractivity contribution in [2.75, 3.05) is 0 Å². The van der Waals surface area contributed by atoms with Crippen molar-refractivity contribution < 1.29 is 9.59 Å². The Morgan fingerprint density at radius 1 is 0.760 bits per heavy atom. The third-order valence-electron chi connectivity index (χ3n) is 4.13. The SMILES string of the molecule is CCC(C(=O)/C=C/c1ccc(C)cc1)C(=O)/C=C/c1ccc(C)cc1. The van der Waals surface area contributed by atoms with Crippen molar-refractivity contribution in [2.24, 2.45) is 5.92 Å². The molecular weight excluding hydrogens is 308 g/mol. The van der Waals surface area contributed by atoms with Crippen LogP contribution in [0.5, 0.6) is 0 Å². The molecule has 0 amide bonds. The van der Waals surface area contributed by atoms with E-state index >= 15 is 0 Å². The van der Waals surface area contributed by atoms with Crippen LogP contribution in [-0.4, -0.2) is 11.6 Å². The van der Waals surface area contributed by atoms with Crippen LogP contribution in [0.3, 0.4) is 0 Å². The highest BCUT2D eigenvalue weighted by atomic mass is 16.1. The van der Waals surface area contributed by atoms with Gasteiger partial charge in [0.25, 0.3) is 0 Å². The second kappa shape index (κ2) is 8.93. The summed E-state index contributed by atoms with van der Waals surface area (Å²) in [6.45, 7) is 5.90. The lowest BCUT2D eigenvalue weighted by molar-refractivity contribution is -0.127. The molecular formula is C23H24O2. The van der Waals surface area contributed by atoms with Crippen molar-refractivity contribution in [2.45, 2.75) is 27.2 Å². The fraction of sp³-hybridized carbons (Fsp3) is 0.217. The first-order valence-electron chi connectivity index (χ1n) is 8.57. The summed E-state index contributed by atoms with van der Waals surface area (Å²) in [6, 6.07) is 15.8. The summed E-state index contributed by atoms with van der Waals surface area (Å²) in [5.74, 6) is -0.924. The number of hydrogen-bond acceptors (Lipinski definition) is 2. The molecule has 0 saturated carbocycles. The Morgan fingerprint density at radius 2 is 1.12 bits per heavy atom. The van der Waals surface area contributed by atoms with E-state index in [-0.39, 0.29) is 11.6 Å². The van der Waals surface area contributed by atoms with E-state index in [9.17, 15) is 9.59 Å². The molecule has 0 aliphatic heterocycles. The highest BCUT2D eigenvalue weighted by Crippen LogP contribution is 2.12. The molecule has 25 heavy (non-hydrogen) atoms. The van der Waals surface area contributed by atoms with Gasteiger partial charge in [0.15, 0.2) is 11.6 Å². The zero-order valence-electron chi connectivity index (χ0n) is 15.0. The molecule has 0 N–H and O–H groups in total. The minimum Gasteiger partial charge on any atom is -0.294 e. The second-order valence-electron chi connectivity index (χ2n) is 6.25. The lowest BCUT2D eigenvalue weighted by Crippen LogP contribution is -2.20. The highest BCUT2D eigenvalue weighted by molar-refractivity contribution is 6.13. The minimum absolute atomic E-state index is 0.151. The van der Waals surface area contributed by atoms with E-state index in [1.54, 1.807) is 12.2 Å². The van der Waals surface area contributed by atoms with E-state index < -0.39 is 5.92 Å². The average molecular weight is 332 g/mol. The van der Waals surface area contributed by atoms with E-state index in [2.05, 4.69) is 0 Å². The fourth-order valence-corrected chi connectivity index (χ4v) is 2.49. The van der Waals surface area contributed by atoms with Gasteiger partial charge in [-0.25, -0.2) is 0 Å². The van der Waals surface area contributed by atoms with Gasteiger partial charge in [-0.3, -0.25) is 9.59 Å². The first-order chi connectivity index (χ1) is 12.0. The Labute approximate surface area is 149 Å². The number of benzene rings is 2. The fourth-order valence-electron chi connectivity index (χ4n) is 2.49. The van der Waals surface area contributed by atoms with E-state index in [0.717, 1.165) is 11.1 Å². The molecule has 128 valence electrons. The maximum atomic E-state index is 12.4. The molecule has 2 aromatic carbocycles. The molecule has 2 rings (SSSR count). The van der Waals surface area contributed by atoms with Crippen LogP contribution < -0.4 is 0 Å². The summed E-state index contributed by atoms with van der Waals surface area (Å²) in [6.07, 6.45) is 7.05. The molecule has 0 bridgehead atoms. The number of carbonyl (C=O) groups is 2. The van der Waals surface area contributed by atoms with E-state index in [1.165, 1.54) is 23.3 Å². The third-order valence-corrected chi connectivity index (χ3v) is 4.13. The summed E-state index contributed by atoms with van der Waals surface area (Å²) in [5, 5.41) is 0. The van der Waals surface area contributed by atoms with Crippen LogP contribution in [0.4, 0.5) is 0 Å². The average Bonchev–Trinajstić information content (AvgIpc) is 2.61. The lowest BCUT2D eigenvalue weighted by atomic mass is 9.94. The molecule has 0 aliphatic rings. The largest absolute Gasteiger partial charge is 0.294 e. The maximum Gasteiger partial charge on any atom is 0.166 e. The quantitative estimate of drug-likeness (QED) is 0.516. The summed E-state index contributed by atoms with van der Waals surface area (Å²) in [7, 11) is 0. The van der Waals surface area contributed by atoms with Gasteiger partial charge in [0.2, 0.25) is 0 Å². The Hall–Kier alpha value is -2.74. The maximum absolute atomic E-state index is 12.4. The molecule has 2 heteroatoms.